The van der Waals surface area contributed by atoms with Gasteiger partial charge in [0.25, 0.3) is 0 Å². The van der Waals surface area contributed by atoms with E-state index < -0.39 is 0 Å². The lowest BCUT2D eigenvalue weighted by atomic mass is 10.2. The summed E-state index contributed by atoms with van der Waals surface area (Å²) in [6.45, 7) is 4.32. The predicted molar refractivity (Wildman–Crippen MR) is 49.8 cm³/mol. The molecule has 13 heavy (non-hydrogen) atoms. The number of hydrogen-bond acceptors (Lipinski definition) is 3. The zero-order valence-electron chi connectivity index (χ0n) is 7.91. The van der Waals surface area contributed by atoms with Gasteiger partial charge in [-0.05, 0) is 17.7 Å². The van der Waals surface area contributed by atoms with Crippen LogP contribution in [0.1, 0.15) is 19.4 Å². The van der Waals surface area contributed by atoms with E-state index in [1.54, 1.807) is 12.1 Å². The first-order chi connectivity index (χ1) is 6.40. The third kappa shape index (κ3) is 2.12. The molecule has 0 saturated heterocycles. The fourth-order valence-electron chi connectivity index (χ4n) is 1.04. The summed E-state index contributed by atoms with van der Waals surface area (Å²) in [5.74, 6) is 1.47. The van der Waals surface area contributed by atoms with E-state index in [9.17, 15) is 0 Å². The Hall–Kier alpha value is -1.22. The van der Waals surface area contributed by atoms with Crippen molar-refractivity contribution < 1.29 is 14.6 Å². The second-order valence-corrected chi connectivity index (χ2v) is 2.35. The van der Waals surface area contributed by atoms with Crippen LogP contribution in [0.25, 0.3) is 0 Å². The zero-order valence-corrected chi connectivity index (χ0v) is 7.91. The molecule has 0 amide bonds. The third-order valence-electron chi connectivity index (χ3n) is 1.62. The molecule has 0 bridgehead atoms. The van der Waals surface area contributed by atoms with Gasteiger partial charge in [0.2, 0.25) is 6.79 Å². The van der Waals surface area contributed by atoms with E-state index in [0.717, 1.165) is 17.1 Å². The maximum atomic E-state index is 8.77. The van der Waals surface area contributed by atoms with Gasteiger partial charge in [-0.15, -0.1) is 0 Å². The van der Waals surface area contributed by atoms with Crippen LogP contribution in [-0.2, 0) is 6.61 Å². The van der Waals surface area contributed by atoms with Gasteiger partial charge in [0, 0.05) is 0 Å². The molecule has 72 valence electrons. The molecular formula is C10H14O3. The Labute approximate surface area is 77.9 Å². The van der Waals surface area contributed by atoms with Gasteiger partial charge >= 0.3 is 0 Å². The Morgan fingerprint density at radius 1 is 1.23 bits per heavy atom. The molecular weight excluding hydrogens is 168 g/mol. The van der Waals surface area contributed by atoms with E-state index >= 15 is 0 Å². The Morgan fingerprint density at radius 2 is 1.92 bits per heavy atom. The minimum atomic E-state index is 0.0383. The van der Waals surface area contributed by atoms with Gasteiger partial charge in [-0.3, -0.25) is 0 Å². The summed E-state index contributed by atoms with van der Waals surface area (Å²) >= 11 is 0. The Kier molecular flexibility index (Phi) is 3.58. The van der Waals surface area contributed by atoms with Crippen molar-refractivity contribution in [1.29, 1.82) is 0 Å². The van der Waals surface area contributed by atoms with Gasteiger partial charge in [0.15, 0.2) is 11.5 Å². The standard InChI is InChI=1S/C8H8O3.C2H6/c9-4-6-1-2-7-8(3-6)11-5-10-7;1-2/h1-3,9H,4-5H2;1-2H3. The monoisotopic (exact) mass is 182 g/mol. The molecule has 1 aliphatic heterocycles. The number of hydrogen-bond donors (Lipinski definition) is 1. The average molecular weight is 182 g/mol. The summed E-state index contributed by atoms with van der Waals surface area (Å²) in [6.07, 6.45) is 0. The molecule has 1 heterocycles. The largest absolute Gasteiger partial charge is 0.454 e. The molecule has 0 aromatic heterocycles. The lowest BCUT2D eigenvalue weighted by Crippen LogP contribution is -1.92. The summed E-state index contributed by atoms with van der Waals surface area (Å²) in [5.41, 5.74) is 0.842. The molecule has 0 unspecified atom stereocenters. The molecule has 1 aliphatic rings. The number of rotatable bonds is 1. The zero-order chi connectivity index (χ0) is 9.68. The van der Waals surface area contributed by atoms with E-state index in [4.69, 9.17) is 14.6 Å². The minimum Gasteiger partial charge on any atom is -0.454 e. The van der Waals surface area contributed by atoms with Gasteiger partial charge in [-0.2, -0.15) is 0 Å². The van der Waals surface area contributed by atoms with E-state index in [1.807, 2.05) is 19.9 Å². The highest BCUT2D eigenvalue weighted by atomic mass is 16.7. The van der Waals surface area contributed by atoms with Crippen LogP contribution in [0.5, 0.6) is 11.5 Å². The summed E-state index contributed by atoms with van der Waals surface area (Å²) in [6, 6.07) is 5.39. The number of aliphatic hydroxyl groups is 1. The molecule has 3 nitrogen and oxygen atoms in total. The predicted octanol–water partition coefficient (Wildman–Crippen LogP) is 1.93. The van der Waals surface area contributed by atoms with Gasteiger partial charge in [-0.25, -0.2) is 0 Å². The van der Waals surface area contributed by atoms with Crippen molar-refractivity contribution in [2.24, 2.45) is 0 Å². The lowest BCUT2D eigenvalue weighted by molar-refractivity contribution is 0.174. The van der Waals surface area contributed by atoms with Crippen LogP contribution in [-0.4, -0.2) is 11.9 Å². The van der Waals surface area contributed by atoms with Gasteiger partial charge in [0.1, 0.15) is 0 Å². The highest BCUT2D eigenvalue weighted by Crippen LogP contribution is 2.32. The third-order valence-corrected chi connectivity index (χ3v) is 1.62. The van der Waals surface area contributed by atoms with E-state index in [-0.39, 0.29) is 13.4 Å². The smallest absolute Gasteiger partial charge is 0.231 e. The van der Waals surface area contributed by atoms with Crippen molar-refractivity contribution in [3.05, 3.63) is 23.8 Å². The topological polar surface area (TPSA) is 38.7 Å². The first-order valence-corrected chi connectivity index (χ1v) is 4.39. The molecule has 0 saturated carbocycles. The van der Waals surface area contributed by atoms with E-state index in [1.165, 1.54) is 0 Å². The maximum Gasteiger partial charge on any atom is 0.231 e. The first kappa shape index (κ1) is 9.86. The molecule has 1 N–H and O–H groups in total. The molecule has 0 aliphatic carbocycles. The first-order valence-electron chi connectivity index (χ1n) is 4.39. The summed E-state index contributed by atoms with van der Waals surface area (Å²) < 4.78 is 10.2. The quantitative estimate of drug-likeness (QED) is 0.721. The molecule has 1 aromatic rings. The van der Waals surface area contributed by atoms with Gasteiger partial charge in [0.05, 0.1) is 6.61 Å². The molecule has 0 spiro atoms. The fourth-order valence-corrected chi connectivity index (χ4v) is 1.04. The van der Waals surface area contributed by atoms with E-state index in [2.05, 4.69) is 0 Å². The highest BCUT2D eigenvalue weighted by Gasteiger charge is 2.12. The second-order valence-electron chi connectivity index (χ2n) is 2.35. The summed E-state index contributed by atoms with van der Waals surface area (Å²) in [7, 11) is 0. The number of benzene rings is 1. The van der Waals surface area contributed by atoms with Gasteiger partial charge < -0.3 is 14.6 Å². The molecule has 0 radical (unpaired) electrons. The highest BCUT2D eigenvalue weighted by molar-refractivity contribution is 5.44. The van der Waals surface area contributed by atoms with Crippen molar-refractivity contribution in [3.63, 3.8) is 0 Å². The molecule has 2 rings (SSSR count). The second kappa shape index (κ2) is 4.72. The lowest BCUT2D eigenvalue weighted by Gasteiger charge is -1.97. The minimum absolute atomic E-state index is 0.0383. The van der Waals surface area contributed by atoms with Crippen molar-refractivity contribution in [3.8, 4) is 11.5 Å². The maximum absolute atomic E-state index is 8.77. The fraction of sp³-hybridized carbons (Fsp3) is 0.400. The molecule has 0 fully saturated rings. The van der Waals surface area contributed by atoms with Gasteiger partial charge in [-0.1, -0.05) is 19.9 Å². The van der Waals surface area contributed by atoms with Crippen LogP contribution in [0.3, 0.4) is 0 Å². The normalized spacial score (nSPS) is 11.9. The van der Waals surface area contributed by atoms with Crippen LogP contribution in [0, 0.1) is 0 Å². The van der Waals surface area contributed by atoms with Crippen LogP contribution in [0.4, 0.5) is 0 Å². The Balaban J connectivity index is 0.000000396. The van der Waals surface area contributed by atoms with Crippen molar-refractivity contribution >= 4 is 0 Å². The Bertz CT molecular complexity index is 271. The van der Waals surface area contributed by atoms with Crippen LogP contribution < -0.4 is 9.47 Å². The summed E-state index contributed by atoms with van der Waals surface area (Å²) in [5, 5.41) is 8.77. The molecule has 1 aromatic carbocycles. The van der Waals surface area contributed by atoms with Crippen LogP contribution in [0.15, 0.2) is 18.2 Å². The summed E-state index contributed by atoms with van der Waals surface area (Å²) in [4.78, 5) is 0. The van der Waals surface area contributed by atoms with Crippen molar-refractivity contribution in [2.75, 3.05) is 6.79 Å². The van der Waals surface area contributed by atoms with Crippen molar-refractivity contribution in [1.82, 2.24) is 0 Å². The van der Waals surface area contributed by atoms with E-state index in [0.29, 0.717) is 0 Å². The van der Waals surface area contributed by atoms with Crippen LogP contribution >= 0.6 is 0 Å². The molecule has 3 heteroatoms. The number of fused-ring (bicyclic) bond motifs is 1. The molecule has 0 atom stereocenters. The van der Waals surface area contributed by atoms with Crippen molar-refractivity contribution in [2.45, 2.75) is 20.5 Å². The average Bonchev–Trinajstić information content (AvgIpc) is 2.67. The number of aliphatic hydroxyl groups excluding tert-OH is 1. The van der Waals surface area contributed by atoms with Crippen LogP contribution in [0.2, 0.25) is 0 Å². The Morgan fingerprint density at radius 3 is 2.62 bits per heavy atom. The SMILES string of the molecule is CC.OCc1ccc2c(c1)OCO2. The number of ether oxygens (including phenoxy) is 2.